The Balaban J connectivity index is 1.48. The van der Waals surface area contributed by atoms with Crippen molar-refractivity contribution in [3.8, 4) is 0 Å². The molecule has 0 saturated carbocycles. The summed E-state index contributed by atoms with van der Waals surface area (Å²) in [5.41, 5.74) is 1.24. The number of furan rings is 1. The van der Waals surface area contributed by atoms with Crippen LogP contribution in [0, 0.1) is 0 Å². The number of nitrogens with one attached hydrogen (secondary N) is 1. The molecule has 1 saturated heterocycles. The van der Waals surface area contributed by atoms with Gasteiger partial charge in [0.25, 0.3) is 5.91 Å². The SMILES string of the molecule is O=C(NCCCc1cccc(Br)c1)[C@@H]1CCCN1C(=O)c1ccco1. The fourth-order valence-electron chi connectivity index (χ4n) is 3.14. The van der Waals surface area contributed by atoms with E-state index in [2.05, 4.69) is 33.4 Å². The van der Waals surface area contributed by atoms with Gasteiger partial charge < -0.3 is 14.6 Å². The van der Waals surface area contributed by atoms with Crippen LogP contribution in [0.25, 0.3) is 0 Å². The number of nitrogens with zero attached hydrogens (tertiary/aromatic N) is 1. The van der Waals surface area contributed by atoms with Gasteiger partial charge in [0.05, 0.1) is 6.26 Å². The molecule has 1 fully saturated rings. The van der Waals surface area contributed by atoms with E-state index in [4.69, 9.17) is 4.42 Å². The van der Waals surface area contributed by atoms with Gasteiger partial charge in [0, 0.05) is 17.6 Å². The number of amides is 2. The Morgan fingerprint density at radius 3 is 2.92 bits per heavy atom. The van der Waals surface area contributed by atoms with E-state index in [0.717, 1.165) is 23.7 Å². The maximum absolute atomic E-state index is 12.5. The normalized spacial score (nSPS) is 16.8. The summed E-state index contributed by atoms with van der Waals surface area (Å²) in [6.45, 7) is 1.19. The van der Waals surface area contributed by atoms with Crippen LogP contribution in [0.3, 0.4) is 0 Å². The van der Waals surface area contributed by atoms with E-state index in [1.54, 1.807) is 17.0 Å². The first-order chi connectivity index (χ1) is 12.1. The molecule has 1 aromatic heterocycles. The Bertz CT molecular complexity index is 730. The summed E-state index contributed by atoms with van der Waals surface area (Å²) < 4.78 is 6.23. The van der Waals surface area contributed by atoms with Crippen LogP contribution < -0.4 is 5.32 Å². The van der Waals surface area contributed by atoms with Gasteiger partial charge in [-0.2, -0.15) is 0 Å². The van der Waals surface area contributed by atoms with Crippen LogP contribution in [-0.4, -0.2) is 35.8 Å². The number of carbonyl (C=O) groups excluding carboxylic acids is 2. The Morgan fingerprint density at radius 2 is 2.16 bits per heavy atom. The van der Waals surface area contributed by atoms with Crippen molar-refractivity contribution in [3.05, 3.63) is 58.5 Å². The average Bonchev–Trinajstić information content (AvgIpc) is 3.29. The first kappa shape index (κ1) is 17.7. The molecule has 2 aromatic rings. The molecule has 1 aromatic carbocycles. The molecule has 25 heavy (non-hydrogen) atoms. The van der Waals surface area contributed by atoms with Gasteiger partial charge in [0.2, 0.25) is 5.91 Å². The number of likely N-dealkylation sites (tertiary alicyclic amines) is 1. The molecule has 0 aliphatic carbocycles. The first-order valence-corrected chi connectivity index (χ1v) is 9.31. The smallest absolute Gasteiger partial charge is 0.290 e. The van der Waals surface area contributed by atoms with E-state index in [0.29, 0.717) is 19.5 Å². The third-order valence-corrected chi connectivity index (χ3v) is 4.87. The lowest BCUT2D eigenvalue weighted by atomic mass is 10.1. The second-order valence-electron chi connectivity index (χ2n) is 6.16. The van der Waals surface area contributed by atoms with Crippen molar-refractivity contribution in [1.29, 1.82) is 0 Å². The van der Waals surface area contributed by atoms with E-state index in [-0.39, 0.29) is 17.6 Å². The van der Waals surface area contributed by atoms with Gasteiger partial charge in [0.1, 0.15) is 6.04 Å². The highest BCUT2D eigenvalue weighted by atomic mass is 79.9. The zero-order chi connectivity index (χ0) is 17.6. The topological polar surface area (TPSA) is 62.6 Å². The van der Waals surface area contributed by atoms with E-state index in [9.17, 15) is 9.59 Å². The van der Waals surface area contributed by atoms with Crippen molar-refractivity contribution < 1.29 is 14.0 Å². The quantitative estimate of drug-likeness (QED) is 0.750. The van der Waals surface area contributed by atoms with E-state index in [1.165, 1.54) is 11.8 Å². The monoisotopic (exact) mass is 404 g/mol. The highest BCUT2D eigenvalue weighted by molar-refractivity contribution is 9.10. The van der Waals surface area contributed by atoms with Gasteiger partial charge in [0.15, 0.2) is 5.76 Å². The number of hydrogen-bond donors (Lipinski definition) is 1. The molecule has 0 unspecified atom stereocenters. The lowest BCUT2D eigenvalue weighted by molar-refractivity contribution is -0.124. The number of hydrogen-bond acceptors (Lipinski definition) is 3. The Labute approximate surface area is 155 Å². The predicted octanol–water partition coefficient (Wildman–Crippen LogP) is 3.40. The van der Waals surface area contributed by atoms with Crippen LogP contribution in [0.15, 0.2) is 51.6 Å². The Kier molecular flexibility index (Phi) is 5.91. The maximum Gasteiger partial charge on any atom is 0.290 e. The summed E-state index contributed by atoms with van der Waals surface area (Å²) in [5, 5.41) is 2.96. The van der Waals surface area contributed by atoms with Crippen molar-refractivity contribution in [2.45, 2.75) is 31.7 Å². The molecule has 6 heteroatoms. The minimum Gasteiger partial charge on any atom is -0.459 e. The van der Waals surface area contributed by atoms with E-state index in [1.807, 2.05) is 12.1 Å². The molecule has 5 nitrogen and oxygen atoms in total. The van der Waals surface area contributed by atoms with E-state index < -0.39 is 6.04 Å². The van der Waals surface area contributed by atoms with Crippen LogP contribution in [-0.2, 0) is 11.2 Å². The van der Waals surface area contributed by atoms with Gasteiger partial charge in [-0.3, -0.25) is 9.59 Å². The Morgan fingerprint density at radius 1 is 1.28 bits per heavy atom. The lowest BCUT2D eigenvalue weighted by Crippen LogP contribution is -2.46. The molecule has 3 rings (SSSR count). The van der Waals surface area contributed by atoms with Crippen LogP contribution in [0.1, 0.15) is 35.4 Å². The number of benzene rings is 1. The van der Waals surface area contributed by atoms with Crippen molar-refractivity contribution in [2.24, 2.45) is 0 Å². The number of rotatable bonds is 6. The number of halogens is 1. The van der Waals surface area contributed by atoms with Gasteiger partial charge >= 0.3 is 0 Å². The van der Waals surface area contributed by atoms with Gasteiger partial charge in [-0.05, 0) is 55.5 Å². The molecule has 1 aliphatic rings. The molecule has 132 valence electrons. The molecule has 2 heterocycles. The predicted molar refractivity (Wildman–Crippen MR) is 98.2 cm³/mol. The first-order valence-electron chi connectivity index (χ1n) is 8.52. The molecule has 0 spiro atoms. The highest BCUT2D eigenvalue weighted by Crippen LogP contribution is 2.20. The molecule has 1 N–H and O–H groups in total. The Hall–Kier alpha value is -2.08. The summed E-state index contributed by atoms with van der Waals surface area (Å²) in [4.78, 5) is 26.5. The minimum absolute atomic E-state index is 0.0772. The van der Waals surface area contributed by atoms with Crippen molar-refractivity contribution >= 4 is 27.7 Å². The molecule has 1 aliphatic heterocycles. The molecular formula is C19H21BrN2O3. The van der Waals surface area contributed by atoms with Gasteiger partial charge in [-0.15, -0.1) is 0 Å². The molecule has 0 bridgehead atoms. The standard InChI is InChI=1S/C19H21BrN2O3/c20-15-7-1-5-14(13-15)6-2-10-21-18(23)16-8-3-11-22(16)19(24)17-9-4-12-25-17/h1,4-5,7,9,12-13,16H,2-3,6,8,10-11H2,(H,21,23)/t16-/m0/s1. The highest BCUT2D eigenvalue weighted by Gasteiger charge is 2.35. The number of carbonyl (C=O) groups is 2. The second-order valence-corrected chi connectivity index (χ2v) is 7.07. The van der Waals surface area contributed by atoms with Crippen LogP contribution in [0.4, 0.5) is 0 Å². The summed E-state index contributed by atoms with van der Waals surface area (Å²) in [7, 11) is 0. The lowest BCUT2D eigenvalue weighted by Gasteiger charge is -2.23. The fraction of sp³-hybridized carbons (Fsp3) is 0.368. The molecule has 1 atom stereocenters. The fourth-order valence-corrected chi connectivity index (χ4v) is 3.59. The minimum atomic E-state index is -0.400. The third-order valence-electron chi connectivity index (χ3n) is 4.38. The largest absolute Gasteiger partial charge is 0.459 e. The van der Waals surface area contributed by atoms with Crippen molar-refractivity contribution in [3.63, 3.8) is 0 Å². The van der Waals surface area contributed by atoms with Crippen LogP contribution in [0.5, 0.6) is 0 Å². The summed E-state index contributed by atoms with van der Waals surface area (Å²) in [5.74, 6) is -0.00205. The molecular weight excluding hydrogens is 384 g/mol. The molecule has 0 radical (unpaired) electrons. The summed E-state index contributed by atoms with van der Waals surface area (Å²) in [6.07, 6.45) is 4.77. The van der Waals surface area contributed by atoms with Crippen LogP contribution in [0.2, 0.25) is 0 Å². The van der Waals surface area contributed by atoms with Crippen molar-refractivity contribution in [1.82, 2.24) is 10.2 Å². The zero-order valence-electron chi connectivity index (χ0n) is 13.9. The average molecular weight is 405 g/mol. The third kappa shape index (κ3) is 4.51. The summed E-state index contributed by atoms with van der Waals surface area (Å²) >= 11 is 3.46. The number of aryl methyl sites for hydroxylation is 1. The van der Waals surface area contributed by atoms with Gasteiger partial charge in [-0.1, -0.05) is 28.1 Å². The molecule has 2 amide bonds. The van der Waals surface area contributed by atoms with Gasteiger partial charge in [-0.25, -0.2) is 0 Å². The van der Waals surface area contributed by atoms with E-state index >= 15 is 0 Å². The summed E-state index contributed by atoms with van der Waals surface area (Å²) in [6, 6.07) is 11.1. The van der Waals surface area contributed by atoms with Crippen LogP contribution >= 0.6 is 15.9 Å². The zero-order valence-corrected chi connectivity index (χ0v) is 15.5. The van der Waals surface area contributed by atoms with Crippen molar-refractivity contribution in [2.75, 3.05) is 13.1 Å². The second kappa shape index (κ2) is 8.34. The maximum atomic E-state index is 12.5.